The molecule has 5 nitrogen and oxygen atoms in total. The van der Waals surface area contributed by atoms with Crippen molar-refractivity contribution in [3.05, 3.63) is 46.7 Å². The van der Waals surface area contributed by atoms with Gasteiger partial charge in [0.05, 0.1) is 23.1 Å². The Morgan fingerprint density at radius 1 is 1.50 bits per heavy atom. The predicted octanol–water partition coefficient (Wildman–Crippen LogP) is 2.56. The fourth-order valence-corrected chi connectivity index (χ4v) is 2.43. The summed E-state index contributed by atoms with van der Waals surface area (Å²) in [6, 6.07) is 7.48. The van der Waals surface area contributed by atoms with Crippen molar-refractivity contribution in [2.75, 3.05) is 6.54 Å². The maximum absolute atomic E-state index is 12.3. The van der Waals surface area contributed by atoms with Gasteiger partial charge in [-0.1, -0.05) is 24.6 Å². The van der Waals surface area contributed by atoms with Crippen LogP contribution in [0.15, 0.2) is 30.5 Å². The van der Waals surface area contributed by atoms with E-state index in [0.29, 0.717) is 23.6 Å². The van der Waals surface area contributed by atoms with E-state index in [0.717, 1.165) is 17.8 Å². The van der Waals surface area contributed by atoms with Gasteiger partial charge in [-0.3, -0.25) is 4.79 Å². The lowest BCUT2D eigenvalue weighted by atomic mass is 10.1. The molecule has 1 heterocycles. The molecule has 0 radical (unpaired) electrons. The fraction of sp³-hybridized carbons (Fsp3) is 0.375. The number of nitrogens with two attached hydrogens (primary N) is 1. The molecule has 1 atom stereocenters. The summed E-state index contributed by atoms with van der Waals surface area (Å²) >= 11 is 6.03. The molecule has 0 spiro atoms. The van der Waals surface area contributed by atoms with Crippen LogP contribution >= 0.6 is 11.6 Å². The summed E-state index contributed by atoms with van der Waals surface area (Å²) in [4.78, 5) is 12.3. The van der Waals surface area contributed by atoms with Crippen molar-refractivity contribution >= 4 is 17.5 Å². The number of carbonyl (C=O) groups is 1. The number of nitrogens with zero attached hydrogens (tertiary/aromatic N) is 2. The third-order valence-corrected chi connectivity index (χ3v) is 3.62. The Morgan fingerprint density at radius 2 is 2.27 bits per heavy atom. The van der Waals surface area contributed by atoms with E-state index in [1.807, 2.05) is 38.1 Å². The van der Waals surface area contributed by atoms with Gasteiger partial charge in [0.15, 0.2) is 0 Å². The Kier molecular flexibility index (Phi) is 5.57. The van der Waals surface area contributed by atoms with Crippen molar-refractivity contribution in [2.45, 2.75) is 32.7 Å². The highest BCUT2D eigenvalue weighted by Crippen LogP contribution is 2.19. The highest BCUT2D eigenvalue weighted by atomic mass is 35.5. The number of hydrogen-bond donors (Lipinski definition) is 2. The minimum absolute atomic E-state index is 0.0696. The molecule has 0 fully saturated rings. The second-order valence-electron chi connectivity index (χ2n) is 5.27. The smallest absolute Gasteiger partial charge is 0.254 e. The van der Waals surface area contributed by atoms with E-state index < -0.39 is 0 Å². The molecule has 1 aromatic heterocycles. The number of rotatable bonds is 6. The van der Waals surface area contributed by atoms with Gasteiger partial charge in [0.1, 0.15) is 0 Å². The number of benzene rings is 1. The van der Waals surface area contributed by atoms with Crippen LogP contribution in [0.4, 0.5) is 0 Å². The zero-order chi connectivity index (χ0) is 16.1. The average molecular weight is 321 g/mol. The van der Waals surface area contributed by atoms with Gasteiger partial charge in [-0.05, 0) is 38.0 Å². The van der Waals surface area contributed by atoms with Gasteiger partial charge < -0.3 is 11.1 Å². The van der Waals surface area contributed by atoms with Gasteiger partial charge in [-0.25, -0.2) is 4.68 Å². The summed E-state index contributed by atoms with van der Waals surface area (Å²) < 4.78 is 1.76. The summed E-state index contributed by atoms with van der Waals surface area (Å²) in [6.45, 7) is 4.47. The Labute approximate surface area is 135 Å². The molecule has 0 aliphatic carbocycles. The third-order valence-electron chi connectivity index (χ3n) is 3.39. The lowest BCUT2D eigenvalue weighted by Gasteiger charge is -2.09. The molecule has 1 amide bonds. The summed E-state index contributed by atoms with van der Waals surface area (Å²) in [5.74, 6) is -0.120. The van der Waals surface area contributed by atoms with Gasteiger partial charge in [0.2, 0.25) is 0 Å². The molecule has 6 heteroatoms. The topological polar surface area (TPSA) is 72.9 Å². The number of nitrogens with one attached hydrogen (secondary N) is 1. The van der Waals surface area contributed by atoms with E-state index in [-0.39, 0.29) is 11.9 Å². The molecule has 0 saturated carbocycles. The summed E-state index contributed by atoms with van der Waals surface area (Å²) in [5.41, 5.74) is 7.99. The lowest BCUT2D eigenvalue weighted by Crippen LogP contribution is -2.29. The van der Waals surface area contributed by atoms with Gasteiger partial charge in [0, 0.05) is 17.6 Å². The van der Waals surface area contributed by atoms with Crippen LogP contribution in [0, 0.1) is 0 Å². The number of hydrogen-bond acceptors (Lipinski definition) is 3. The molecule has 0 aliphatic rings. The fourth-order valence-electron chi connectivity index (χ4n) is 2.24. The molecule has 118 valence electrons. The predicted molar refractivity (Wildman–Crippen MR) is 88.6 cm³/mol. The Bertz CT molecular complexity index is 651. The molecule has 1 aromatic carbocycles. The van der Waals surface area contributed by atoms with E-state index in [1.54, 1.807) is 10.9 Å². The van der Waals surface area contributed by atoms with E-state index in [1.165, 1.54) is 0 Å². The van der Waals surface area contributed by atoms with Crippen LogP contribution in [0.2, 0.25) is 5.02 Å². The minimum Gasteiger partial charge on any atom is -0.352 e. The van der Waals surface area contributed by atoms with Crippen LogP contribution in [-0.4, -0.2) is 28.3 Å². The van der Waals surface area contributed by atoms with E-state index in [9.17, 15) is 4.79 Å². The maximum atomic E-state index is 12.3. The zero-order valence-electron chi connectivity index (χ0n) is 12.8. The number of halogens is 1. The highest BCUT2D eigenvalue weighted by Gasteiger charge is 2.17. The quantitative estimate of drug-likeness (QED) is 0.859. The first-order chi connectivity index (χ1) is 10.5. The van der Waals surface area contributed by atoms with Gasteiger partial charge >= 0.3 is 0 Å². The molecule has 1 unspecified atom stereocenters. The minimum atomic E-state index is -0.120. The van der Waals surface area contributed by atoms with Crippen LogP contribution in [0.25, 0.3) is 5.69 Å². The molecule has 2 aromatic rings. The number of carbonyl (C=O) groups excluding carboxylic acids is 1. The monoisotopic (exact) mass is 320 g/mol. The zero-order valence-corrected chi connectivity index (χ0v) is 13.6. The van der Waals surface area contributed by atoms with Crippen molar-refractivity contribution in [1.82, 2.24) is 15.1 Å². The van der Waals surface area contributed by atoms with E-state index >= 15 is 0 Å². The Hall–Kier alpha value is -1.85. The van der Waals surface area contributed by atoms with Gasteiger partial charge in [0.25, 0.3) is 5.91 Å². The normalized spacial score (nSPS) is 12.2. The molecular formula is C16H21ClN4O. The Morgan fingerprint density at radius 3 is 2.91 bits per heavy atom. The summed E-state index contributed by atoms with van der Waals surface area (Å²) in [7, 11) is 0. The second kappa shape index (κ2) is 7.42. The molecule has 0 aliphatic heterocycles. The molecule has 22 heavy (non-hydrogen) atoms. The number of amides is 1. The maximum Gasteiger partial charge on any atom is 0.254 e. The summed E-state index contributed by atoms with van der Waals surface area (Å²) in [5, 5.41) is 7.85. The highest BCUT2D eigenvalue weighted by molar-refractivity contribution is 6.30. The third kappa shape index (κ3) is 3.87. The van der Waals surface area contributed by atoms with Crippen LogP contribution in [-0.2, 0) is 6.42 Å². The number of aromatic nitrogens is 2. The standard InChI is InChI=1S/C16H21ClN4O/c1-3-15-14(16(22)19-8-7-11(2)18)10-20-21(15)13-6-4-5-12(17)9-13/h4-6,9-11H,3,7-8,18H2,1-2H3,(H,19,22). The van der Waals surface area contributed by atoms with Crippen molar-refractivity contribution in [1.29, 1.82) is 0 Å². The van der Waals surface area contributed by atoms with Crippen LogP contribution < -0.4 is 11.1 Å². The van der Waals surface area contributed by atoms with E-state index in [2.05, 4.69) is 10.4 Å². The molecule has 3 N–H and O–H groups in total. The van der Waals surface area contributed by atoms with Gasteiger partial charge in [-0.15, -0.1) is 0 Å². The molecule has 2 rings (SSSR count). The van der Waals surface area contributed by atoms with Crippen LogP contribution in [0.5, 0.6) is 0 Å². The van der Waals surface area contributed by atoms with Crippen molar-refractivity contribution < 1.29 is 4.79 Å². The summed E-state index contributed by atoms with van der Waals surface area (Å²) in [6.07, 6.45) is 3.04. The first-order valence-electron chi connectivity index (χ1n) is 7.39. The lowest BCUT2D eigenvalue weighted by molar-refractivity contribution is 0.0952. The largest absolute Gasteiger partial charge is 0.352 e. The van der Waals surface area contributed by atoms with Crippen molar-refractivity contribution in [3.63, 3.8) is 0 Å². The molecule has 0 saturated heterocycles. The first-order valence-corrected chi connectivity index (χ1v) is 7.77. The SMILES string of the molecule is CCc1c(C(=O)NCCC(C)N)cnn1-c1cccc(Cl)c1. The van der Waals surface area contributed by atoms with Crippen molar-refractivity contribution in [2.24, 2.45) is 5.73 Å². The van der Waals surface area contributed by atoms with Crippen LogP contribution in [0.1, 0.15) is 36.3 Å². The Balaban J connectivity index is 2.22. The van der Waals surface area contributed by atoms with Crippen LogP contribution in [0.3, 0.4) is 0 Å². The molecule has 0 bridgehead atoms. The molecular weight excluding hydrogens is 300 g/mol. The second-order valence-corrected chi connectivity index (χ2v) is 5.71. The van der Waals surface area contributed by atoms with Crippen molar-refractivity contribution in [3.8, 4) is 5.69 Å². The first kappa shape index (κ1) is 16.5. The average Bonchev–Trinajstić information content (AvgIpc) is 2.90. The van der Waals surface area contributed by atoms with Gasteiger partial charge in [-0.2, -0.15) is 5.10 Å². The van der Waals surface area contributed by atoms with E-state index in [4.69, 9.17) is 17.3 Å².